The highest BCUT2D eigenvalue weighted by Gasteiger charge is 2.32. The lowest BCUT2D eigenvalue weighted by atomic mass is 10.0. The van der Waals surface area contributed by atoms with Crippen molar-refractivity contribution >= 4 is 17.5 Å². The van der Waals surface area contributed by atoms with E-state index < -0.39 is 29.1 Å². The lowest BCUT2D eigenvalue weighted by Gasteiger charge is -2.24. The average molecular weight is 288 g/mol. The lowest BCUT2D eigenvalue weighted by Crippen LogP contribution is -2.51. The maximum atomic E-state index is 12.5. The van der Waals surface area contributed by atoms with Crippen molar-refractivity contribution < 1.29 is 22.8 Å². The third kappa shape index (κ3) is 4.25. The van der Waals surface area contributed by atoms with Crippen molar-refractivity contribution in [1.82, 2.24) is 5.32 Å². The number of nitrogens with one attached hydrogen (secondary N) is 2. The van der Waals surface area contributed by atoms with Crippen LogP contribution in [0.2, 0.25) is 0 Å². The molecule has 1 aromatic carbocycles. The molecule has 110 valence electrons. The summed E-state index contributed by atoms with van der Waals surface area (Å²) in [5.41, 5.74) is -2.06. The Morgan fingerprint density at radius 1 is 1.15 bits per heavy atom. The molecular formula is C13H15F3N2O2. The predicted molar refractivity (Wildman–Crippen MR) is 68.0 cm³/mol. The Hall–Kier alpha value is -2.05. The van der Waals surface area contributed by atoms with Gasteiger partial charge in [0.05, 0.1) is 5.56 Å². The molecule has 2 amide bonds. The number of hydrogen-bond donors (Lipinski definition) is 2. The topological polar surface area (TPSA) is 58.2 Å². The number of carbonyl (C=O) groups excluding carboxylic acids is 2. The Labute approximate surface area is 114 Å². The first-order valence-electron chi connectivity index (χ1n) is 5.80. The Bertz CT molecular complexity index is 525. The molecule has 1 aromatic rings. The third-order valence-corrected chi connectivity index (χ3v) is 2.50. The van der Waals surface area contributed by atoms with Gasteiger partial charge in [0.1, 0.15) is 5.54 Å². The van der Waals surface area contributed by atoms with Crippen LogP contribution >= 0.6 is 0 Å². The summed E-state index contributed by atoms with van der Waals surface area (Å²) >= 11 is 0. The second-order valence-corrected chi connectivity index (χ2v) is 4.84. The van der Waals surface area contributed by atoms with E-state index in [0.29, 0.717) is 0 Å². The smallest absolute Gasteiger partial charge is 0.342 e. The largest absolute Gasteiger partial charge is 0.416 e. The van der Waals surface area contributed by atoms with Gasteiger partial charge in [-0.05, 0) is 32.0 Å². The molecule has 7 heteroatoms. The van der Waals surface area contributed by atoms with E-state index in [1.807, 2.05) is 0 Å². The van der Waals surface area contributed by atoms with E-state index in [2.05, 4.69) is 10.6 Å². The van der Waals surface area contributed by atoms with Crippen LogP contribution < -0.4 is 10.6 Å². The fourth-order valence-corrected chi connectivity index (χ4v) is 1.56. The summed E-state index contributed by atoms with van der Waals surface area (Å²) in [5.74, 6) is -1.01. The molecular weight excluding hydrogens is 273 g/mol. The van der Waals surface area contributed by atoms with Gasteiger partial charge in [-0.2, -0.15) is 13.2 Å². The van der Waals surface area contributed by atoms with Crippen LogP contribution in [0.25, 0.3) is 0 Å². The predicted octanol–water partition coefficient (Wildman–Crippen LogP) is 2.56. The fourth-order valence-electron chi connectivity index (χ4n) is 1.56. The highest BCUT2D eigenvalue weighted by atomic mass is 19.4. The first kappa shape index (κ1) is 16.0. The van der Waals surface area contributed by atoms with Crippen LogP contribution in [0.4, 0.5) is 18.9 Å². The monoisotopic (exact) mass is 288 g/mol. The second kappa shape index (κ2) is 5.52. The summed E-state index contributed by atoms with van der Waals surface area (Å²) in [6, 6.07) is 4.29. The molecule has 0 unspecified atom stereocenters. The summed E-state index contributed by atoms with van der Waals surface area (Å²) in [5, 5.41) is 4.76. The maximum Gasteiger partial charge on any atom is 0.416 e. The van der Waals surface area contributed by atoms with Gasteiger partial charge in [-0.1, -0.05) is 6.07 Å². The van der Waals surface area contributed by atoms with Crippen LogP contribution in [-0.2, 0) is 15.8 Å². The van der Waals surface area contributed by atoms with Crippen molar-refractivity contribution in [3.8, 4) is 0 Å². The molecule has 4 nitrogen and oxygen atoms in total. The van der Waals surface area contributed by atoms with Crippen molar-refractivity contribution in [2.45, 2.75) is 32.5 Å². The maximum absolute atomic E-state index is 12.5. The molecule has 2 N–H and O–H groups in total. The number of anilines is 1. The lowest BCUT2D eigenvalue weighted by molar-refractivity contribution is -0.137. The standard InChI is InChI=1S/C13H15F3N2O2/c1-8(19)18-12(2,3)11(20)17-10-6-4-5-9(7-10)13(14,15)16/h4-7H,1-3H3,(H,17,20)(H,18,19). The fraction of sp³-hybridized carbons (Fsp3) is 0.385. The SMILES string of the molecule is CC(=O)NC(C)(C)C(=O)Nc1cccc(C(F)(F)F)c1. The van der Waals surface area contributed by atoms with E-state index in [1.54, 1.807) is 0 Å². The Kier molecular flexibility index (Phi) is 4.42. The van der Waals surface area contributed by atoms with E-state index in [1.165, 1.54) is 32.9 Å². The molecule has 0 aromatic heterocycles. The van der Waals surface area contributed by atoms with E-state index in [-0.39, 0.29) is 5.69 Å². The average Bonchev–Trinajstić information content (AvgIpc) is 2.26. The number of benzene rings is 1. The van der Waals surface area contributed by atoms with Crippen LogP contribution in [0.5, 0.6) is 0 Å². The normalized spacial score (nSPS) is 11.9. The minimum Gasteiger partial charge on any atom is -0.342 e. The Morgan fingerprint density at radius 2 is 1.75 bits per heavy atom. The zero-order valence-corrected chi connectivity index (χ0v) is 11.3. The van der Waals surface area contributed by atoms with Gasteiger partial charge in [0.2, 0.25) is 11.8 Å². The molecule has 0 fully saturated rings. The second-order valence-electron chi connectivity index (χ2n) is 4.84. The molecule has 0 atom stereocenters. The van der Waals surface area contributed by atoms with Gasteiger partial charge in [-0.15, -0.1) is 0 Å². The van der Waals surface area contributed by atoms with E-state index in [4.69, 9.17) is 0 Å². The molecule has 0 bridgehead atoms. The molecule has 0 aliphatic carbocycles. The van der Waals surface area contributed by atoms with Gasteiger partial charge < -0.3 is 10.6 Å². The number of amides is 2. The van der Waals surface area contributed by atoms with Crippen LogP contribution in [0.1, 0.15) is 26.3 Å². The molecule has 0 spiro atoms. The van der Waals surface area contributed by atoms with Crippen molar-refractivity contribution in [2.75, 3.05) is 5.32 Å². The first-order valence-corrected chi connectivity index (χ1v) is 5.80. The van der Waals surface area contributed by atoms with Crippen molar-refractivity contribution in [1.29, 1.82) is 0 Å². The summed E-state index contributed by atoms with van der Waals surface area (Å²) in [7, 11) is 0. The number of alkyl halides is 3. The minimum absolute atomic E-state index is 0.0169. The van der Waals surface area contributed by atoms with Gasteiger partial charge in [0, 0.05) is 12.6 Å². The van der Waals surface area contributed by atoms with Gasteiger partial charge >= 0.3 is 6.18 Å². The van der Waals surface area contributed by atoms with E-state index in [0.717, 1.165) is 12.1 Å². The molecule has 0 aliphatic rings. The Balaban J connectivity index is 2.89. The highest BCUT2D eigenvalue weighted by Crippen LogP contribution is 2.30. The van der Waals surface area contributed by atoms with Crippen molar-refractivity contribution in [2.24, 2.45) is 0 Å². The number of carbonyl (C=O) groups is 2. The highest BCUT2D eigenvalue weighted by molar-refractivity contribution is 5.99. The zero-order chi connectivity index (χ0) is 15.6. The molecule has 0 saturated carbocycles. The summed E-state index contributed by atoms with van der Waals surface area (Å²) in [4.78, 5) is 22.9. The molecule has 0 aliphatic heterocycles. The third-order valence-electron chi connectivity index (χ3n) is 2.50. The van der Waals surface area contributed by atoms with E-state index >= 15 is 0 Å². The van der Waals surface area contributed by atoms with E-state index in [9.17, 15) is 22.8 Å². The van der Waals surface area contributed by atoms with Crippen LogP contribution in [0, 0.1) is 0 Å². The molecule has 0 heterocycles. The first-order chi connectivity index (χ1) is 9.02. The minimum atomic E-state index is -4.48. The molecule has 20 heavy (non-hydrogen) atoms. The molecule has 1 rings (SSSR count). The van der Waals surface area contributed by atoms with Crippen molar-refractivity contribution in [3.63, 3.8) is 0 Å². The quantitative estimate of drug-likeness (QED) is 0.898. The van der Waals surface area contributed by atoms with Gasteiger partial charge in [-0.3, -0.25) is 9.59 Å². The summed E-state index contributed by atoms with van der Waals surface area (Å²) in [6.07, 6.45) is -4.48. The Morgan fingerprint density at radius 3 is 2.25 bits per heavy atom. The zero-order valence-electron chi connectivity index (χ0n) is 11.3. The molecule has 0 saturated heterocycles. The van der Waals surface area contributed by atoms with Gasteiger partial charge in [0.15, 0.2) is 0 Å². The van der Waals surface area contributed by atoms with Crippen LogP contribution in [0.3, 0.4) is 0 Å². The van der Waals surface area contributed by atoms with Gasteiger partial charge in [0.25, 0.3) is 0 Å². The molecule has 0 radical (unpaired) electrons. The van der Waals surface area contributed by atoms with Crippen molar-refractivity contribution in [3.05, 3.63) is 29.8 Å². The number of rotatable bonds is 3. The van der Waals surface area contributed by atoms with Gasteiger partial charge in [-0.25, -0.2) is 0 Å². The number of hydrogen-bond acceptors (Lipinski definition) is 2. The van der Waals surface area contributed by atoms with Crippen LogP contribution in [-0.4, -0.2) is 17.4 Å². The number of halogens is 3. The summed E-state index contributed by atoms with van der Waals surface area (Å²) in [6.45, 7) is 4.16. The van der Waals surface area contributed by atoms with Crippen LogP contribution in [0.15, 0.2) is 24.3 Å². The summed E-state index contributed by atoms with van der Waals surface area (Å²) < 4.78 is 37.6.